The summed E-state index contributed by atoms with van der Waals surface area (Å²) in [5.41, 5.74) is -2.48. The molecule has 1 aromatic heterocycles. The van der Waals surface area contributed by atoms with Crippen molar-refractivity contribution in [3.63, 3.8) is 0 Å². The third-order valence-corrected chi connectivity index (χ3v) is 3.68. The summed E-state index contributed by atoms with van der Waals surface area (Å²) in [4.78, 5) is 4.07. The molecule has 0 saturated heterocycles. The molecule has 0 unspecified atom stereocenters. The van der Waals surface area contributed by atoms with Crippen molar-refractivity contribution in [1.82, 2.24) is 15.2 Å². The lowest BCUT2D eigenvalue weighted by Crippen LogP contribution is -2.11. The molecule has 1 N–H and O–H groups in total. The van der Waals surface area contributed by atoms with E-state index in [1.807, 2.05) is 0 Å². The van der Waals surface area contributed by atoms with Crippen LogP contribution in [0.2, 0.25) is 0 Å². The Balaban J connectivity index is 2.18. The van der Waals surface area contributed by atoms with Crippen molar-refractivity contribution in [3.8, 4) is 22.5 Å². The highest BCUT2D eigenvalue weighted by Crippen LogP contribution is 2.41. The fourth-order valence-electron chi connectivity index (χ4n) is 2.50. The summed E-state index contributed by atoms with van der Waals surface area (Å²) in [6.07, 6.45) is -9.55. The van der Waals surface area contributed by atoms with E-state index in [0.717, 1.165) is 0 Å². The predicted molar refractivity (Wildman–Crippen MR) is 82.0 cm³/mol. The van der Waals surface area contributed by atoms with E-state index >= 15 is 0 Å². The summed E-state index contributed by atoms with van der Waals surface area (Å²) in [6.45, 7) is 1.65. The number of hydrogen-bond donors (Lipinski definition) is 1. The highest BCUT2D eigenvalue weighted by atomic mass is 19.4. The molecule has 3 aromatic rings. The SMILES string of the molecule is Cc1nc(-c2cccc(-c3cc(C(F)(F)F)ccc3C(F)(F)F)c2)n[nH]1. The van der Waals surface area contributed by atoms with Crippen molar-refractivity contribution in [1.29, 1.82) is 0 Å². The number of halogens is 6. The van der Waals surface area contributed by atoms with E-state index < -0.39 is 29.0 Å². The number of alkyl halides is 6. The van der Waals surface area contributed by atoms with Crippen LogP contribution in [0.25, 0.3) is 22.5 Å². The van der Waals surface area contributed by atoms with Gasteiger partial charge in [0.15, 0.2) is 5.82 Å². The topological polar surface area (TPSA) is 41.6 Å². The molecule has 0 fully saturated rings. The van der Waals surface area contributed by atoms with Crippen LogP contribution in [0.5, 0.6) is 0 Å². The van der Waals surface area contributed by atoms with Gasteiger partial charge in [0.1, 0.15) is 5.82 Å². The van der Waals surface area contributed by atoms with Crippen molar-refractivity contribution in [2.75, 3.05) is 0 Å². The second-order valence-electron chi connectivity index (χ2n) is 5.58. The third kappa shape index (κ3) is 3.56. The van der Waals surface area contributed by atoms with Gasteiger partial charge in [-0.1, -0.05) is 18.2 Å². The van der Waals surface area contributed by atoms with Crippen molar-refractivity contribution in [2.24, 2.45) is 0 Å². The molecule has 0 aliphatic heterocycles. The van der Waals surface area contributed by atoms with E-state index in [2.05, 4.69) is 15.2 Å². The summed E-state index contributed by atoms with van der Waals surface area (Å²) in [6, 6.07) is 7.02. The van der Waals surface area contributed by atoms with Gasteiger partial charge in [-0.3, -0.25) is 5.10 Å². The van der Waals surface area contributed by atoms with Crippen LogP contribution >= 0.6 is 0 Å². The van der Waals surface area contributed by atoms with Crippen LogP contribution in [-0.2, 0) is 12.4 Å². The Hall–Kier alpha value is -2.84. The molecule has 26 heavy (non-hydrogen) atoms. The van der Waals surface area contributed by atoms with Gasteiger partial charge in [0.25, 0.3) is 0 Å². The average molecular weight is 371 g/mol. The first kappa shape index (κ1) is 18.0. The smallest absolute Gasteiger partial charge is 0.263 e. The van der Waals surface area contributed by atoms with Gasteiger partial charge in [0.05, 0.1) is 11.1 Å². The maximum Gasteiger partial charge on any atom is 0.417 e. The minimum atomic E-state index is -4.80. The molecule has 0 aliphatic rings. The van der Waals surface area contributed by atoms with E-state index in [9.17, 15) is 26.3 Å². The Morgan fingerprint density at radius 1 is 0.846 bits per heavy atom. The predicted octanol–water partition coefficient (Wildman–Crippen LogP) is 5.48. The molecule has 1 heterocycles. The number of aryl methyl sites for hydroxylation is 1. The molecule has 3 nitrogen and oxygen atoms in total. The molecule has 0 bridgehead atoms. The van der Waals surface area contributed by atoms with Gasteiger partial charge in [-0.25, -0.2) is 4.98 Å². The van der Waals surface area contributed by atoms with Gasteiger partial charge < -0.3 is 0 Å². The molecule has 136 valence electrons. The lowest BCUT2D eigenvalue weighted by molar-refractivity contribution is -0.141. The number of rotatable bonds is 2. The van der Waals surface area contributed by atoms with Gasteiger partial charge in [-0.05, 0) is 42.3 Å². The molecule has 0 spiro atoms. The first-order valence-corrected chi connectivity index (χ1v) is 7.34. The normalized spacial score (nSPS) is 12.4. The summed E-state index contributed by atoms with van der Waals surface area (Å²) in [5.74, 6) is 0.741. The van der Waals surface area contributed by atoms with Crippen molar-refractivity contribution < 1.29 is 26.3 Å². The van der Waals surface area contributed by atoms with Crippen molar-refractivity contribution >= 4 is 0 Å². The third-order valence-electron chi connectivity index (χ3n) is 3.68. The second-order valence-corrected chi connectivity index (χ2v) is 5.58. The van der Waals surface area contributed by atoms with E-state index in [0.29, 0.717) is 29.6 Å². The van der Waals surface area contributed by atoms with E-state index in [1.54, 1.807) is 13.0 Å². The van der Waals surface area contributed by atoms with Gasteiger partial charge in [-0.2, -0.15) is 31.4 Å². The fraction of sp³-hybridized carbons (Fsp3) is 0.176. The number of aromatic nitrogens is 3. The molecule has 0 amide bonds. The van der Waals surface area contributed by atoms with Crippen LogP contribution in [0.1, 0.15) is 17.0 Å². The van der Waals surface area contributed by atoms with Crippen molar-refractivity contribution in [3.05, 3.63) is 59.4 Å². The first-order chi connectivity index (χ1) is 12.1. The number of hydrogen-bond acceptors (Lipinski definition) is 2. The minimum absolute atomic E-state index is 0.0108. The largest absolute Gasteiger partial charge is 0.417 e. The summed E-state index contributed by atoms with van der Waals surface area (Å²) in [5, 5.41) is 6.51. The van der Waals surface area contributed by atoms with E-state index in [-0.39, 0.29) is 11.4 Å². The number of aromatic amines is 1. The van der Waals surface area contributed by atoms with Gasteiger partial charge in [-0.15, -0.1) is 0 Å². The highest BCUT2D eigenvalue weighted by molar-refractivity contribution is 5.73. The number of nitrogens with zero attached hydrogens (tertiary/aromatic N) is 2. The molecule has 2 aromatic carbocycles. The zero-order chi connectivity index (χ0) is 19.1. The first-order valence-electron chi connectivity index (χ1n) is 7.34. The molecule has 0 saturated carbocycles. The van der Waals surface area contributed by atoms with Crippen molar-refractivity contribution in [2.45, 2.75) is 19.3 Å². The van der Waals surface area contributed by atoms with Crippen LogP contribution in [0.3, 0.4) is 0 Å². The Morgan fingerprint density at radius 3 is 2.12 bits per heavy atom. The number of H-pyrrole nitrogens is 1. The zero-order valence-corrected chi connectivity index (χ0v) is 13.2. The number of benzene rings is 2. The monoisotopic (exact) mass is 371 g/mol. The maximum absolute atomic E-state index is 13.3. The van der Waals surface area contributed by atoms with Crippen LogP contribution in [0.15, 0.2) is 42.5 Å². The molecule has 0 radical (unpaired) electrons. The Kier molecular flexibility index (Phi) is 4.25. The minimum Gasteiger partial charge on any atom is -0.263 e. The van der Waals surface area contributed by atoms with E-state index in [4.69, 9.17) is 0 Å². The Labute approximate surface area is 143 Å². The quantitative estimate of drug-likeness (QED) is 0.606. The van der Waals surface area contributed by atoms with Crippen LogP contribution < -0.4 is 0 Å². The molecular weight excluding hydrogens is 360 g/mol. The molecule has 3 rings (SSSR count). The molecule has 0 atom stereocenters. The summed E-state index contributed by atoms with van der Waals surface area (Å²) < 4.78 is 78.7. The second kappa shape index (κ2) is 6.15. The average Bonchev–Trinajstić information content (AvgIpc) is 2.99. The van der Waals surface area contributed by atoms with Gasteiger partial charge in [0.2, 0.25) is 0 Å². The highest BCUT2D eigenvalue weighted by Gasteiger charge is 2.37. The van der Waals surface area contributed by atoms with Crippen LogP contribution in [0.4, 0.5) is 26.3 Å². The molecule has 9 heteroatoms. The van der Waals surface area contributed by atoms with Gasteiger partial charge in [0, 0.05) is 5.56 Å². The standard InChI is InChI=1S/C17H11F6N3/c1-9-24-15(26-25-9)11-4-2-3-10(7-11)13-8-12(16(18,19)20)5-6-14(13)17(21,22)23/h2-8H,1H3,(H,24,25,26). The van der Waals surface area contributed by atoms with E-state index in [1.165, 1.54) is 18.2 Å². The Bertz CT molecular complexity index is 940. The van der Waals surface area contributed by atoms with Crippen LogP contribution in [-0.4, -0.2) is 15.2 Å². The lowest BCUT2D eigenvalue weighted by Gasteiger charge is -2.16. The zero-order valence-electron chi connectivity index (χ0n) is 13.2. The summed E-state index contributed by atoms with van der Waals surface area (Å²) in [7, 11) is 0. The lowest BCUT2D eigenvalue weighted by atomic mass is 9.95. The van der Waals surface area contributed by atoms with Crippen LogP contribution in [0, 0.1) is 6.92 Å². The molecular formula is C17H11F6N3. The fourth-order valence-corrected chi connectivity index (χ4v) is 2.50. The maximum atomic E-state index is 13.3. The molecule has 0 aliphatic carbocycles. The van der Waals surface area contributed by atoms with Gasteiger partial charge >= 0.3 is 12.4 Å². The Morgan fingerprint density at radius 2 is 1.54 bits per heavy atom. The summed E-state index contributed by atoms with van der Waals surface area (Å²) >= 11 is 0. The number of nitrogens with one attached hydrogen (secondary N) is 1.